The summed E-state index contributed by atoms with van der Waals surface area (Å²) in [5.41, 5.74) is 0.921. The van der Waals surface area contributed by atoms with E-state index in [0.717, 1.165) is 22.2 Å². The Balaban J connectivity index is 1.85. The van der Waals surface area contributed by atoms with Crippen molar-refractivity contribution in [3.8, 4) is 11.5 Å². The van der Waals surface area contributed by atoms with Crippen LogP contribution >= 0.6 is 42.6 Å². The number of rotatable bonds is 11. The van der Waals surface area contributed by atoms with E-state index in [1.54, 1.807) is 31.2 Å². The molecule has 0 unspecified atom stereocenters. The second kappa shape index (κ2) is 13.6. The van der Waals surface area contributed by atoms with Crippen molar-refractivity contribution in [2.75, 3.05) is 19.4 Å². The fourth-order valence-corrected chi connectivity index (χ4v) is 5.77. The molecule has 3 rings (SSSR count). The molecule has 0 aromatic heterocycles. The lowest BCUT2D eigenvalue weighted by Crippen LogP contribution is -2.36. The number of ether oxygens (including phenoxy) is 1. The van der Waals surface area contributed by atoms with Gasteiger partial charge in [-0.05, 0) is 61.0 Å². The summed E-state index contributed by atoms with van der Waals surface area (Å²) < 4.78 is 30.5. The van der Waals surface area contributed by atoms with Crippen molar-refractivity contribution in [2.24, 2.45) is 0 Å². The van der Waals surface area contributed by atoms with Gasteiger partial charge in [-0.1, -0.05) is 65.3 Å². The molecule has 0 bridgehead atoms. The number of nitrogens with zero attached hydrogens (tertiary/aromatic N) is 1. The van der Waals surface area contributed by atoms with Crippen LogP contribution in [-0.4, -0.2) is 35.5 Å². The van der Waals surface area contributed by atoms with Crippen molar-refractivity contribution in [3.63, 3.8) is 0 Å². The van der Waals surface area contributed by atoms with E-state index in [1.807, 2.05) is 30.3 Å². The quantitative estimate of drug-likeness (QED) is 0.175. The van der Waals surface area contributed by atoms with Gasteiger partial charge in [0, 0.05) is 15.8 Å². The van der Waals surface area contributed by atoms with Gasteiger partial charge in [0.25, 0.3) is 5.24 Å². The highest BCUT2D eigenvalue weighted by Gasteiger charge is 2.35. The molecule has 0 radical (unpaired) electrons. The molecule has 190 valence electrons. The molecule has 0 aliphatic rings. The average Bonchev–Trinajstić information content (AvgIpc) is 2.86. The normalized spacial score (nSPS) is 11.0. The van der Waals surface area contributed by atoms with Gasteiger partial charge >= 0.3 is 13.6 Å². The number of carbonyl (C=O) groups is 2. The van der Waals surface area contributed by atoms with Crippen LogP contribution < -0.4 is 9.05 Å². The fraction of sp³-hybridized carbons (Fsp3) is 0.200. The van der Waals surface area contributed by atoms with Crippen LogP contribution in [0.1, 0.15) is 12.5 Å². The predicted octanol–water partition coefficient (Wildman–Crippen LogP) is 7.52. The predicted molar refractivity (Wildman–Crippen MR) is 143 cm³/mol. The zero-order valence-electron chi connectivity index (χ0n) is 19.3. The molecule has 0 aliphatic carbocycles. The van der Waals surface area contributed by atoms with Crippen LogP contribution in [0.25, 0.3) is 0 Å². The van der Waals surface area contributed by atoms with Crippen LogP contribution in [-0.2, 0) is 19.8 Å². The number of thioether (sulfide) groups is 1. The third-order valence-corrected chi connectivity index (χ3v) is 7.70. The van der Waals surface area contributed by atoms with Crippen LogP contribution in [0.4, 0.5) is 4.79 Å². The number of hydrogen-bond acceptors (Lipinski definition) is 7. The van der Waals surface area contributed by atoms with Gasteiger partial charge in [-0.3, -0.25) is 9.59 Å². The zero-order chi connectivity index (χ0) is 26.0. The Labute approximate surface area is 224 Å². The first-order chi connectivity index (χ1) is 17.3. The van der Waals surface area contributed by atoms with Gasteiger partial charge in [-0.2, -0.15) is 0 Å². The third-order valence-electron chi connectivity index (χ3n) is 4.55. The number of amides is 1. The Kier molecular flexibility index (Phi) is 10.6. The summed E-state index contributed by atoms with van der Waals surface area (Å²) in [6, 6.07) is 21.8. The van der Waals surface area contributed by atoms with Crippen LogP contribution in [0.2, 0.25) is 10.0 Å². The monoisotopic (exact) mass is 567 g/mol. The largest absolute Gasteiger partial charge is 0.465 e. The molecule has 7 nitrogen and oxygen atoms in total. The Morgan fingerprint density at radius 2 is 1.39 bits per heavy atom. The van der Waals surface area contributed by atoms with E-state index in [1.165, 1.54) is 24.3 Å². The molecule has 0 heterocycles. The molecule has 3 aromatic carbocycles. The van der Waals surface area contributed by atoms with Crippen LogP contribution in [0.3, 0.4) is 0 Å². The Morgan fingerprint density at radius 3 is 1.89 bits per heavy atom. The van der Waals surface area contributed by atoms with Crippen LogP contribution in [0, 0.1) is 0 Å². The first-order valence-electron chi connectivity index (χ1n) is 10.9. The summed E-state index contributed by atoms with van der Waals surface area (Å²) in [7, 11) is -4.08. The standard InChI is InChI=1S/C25H24Cl2NO6PS/c1-2-32-24(29)16-28(25(30)36-17-19-6-4-3-5-7-19)18-35(31,33-22-12-8-20(26)9-13-22)34-23-14-10-21(27)11-15-23/h3-15H,2,16-18H2,1H3. The van der Waals surface area contributed by atoms with Gasteiger partial charge in [-0.15, -0.1) is 0 Å². The molecule has 0 fully saturated rings. The molecule has 0 saturated carbocycles. The van der Waals surface area contributed by atoms with Crippen molar-refractivity contribution >= 4 is 53.8 Å². The maximum atomic E-state index is 14.0. The van der Waals surface area contributed by atoms with Crippen molar-refractivity contribution in [1.29, 1.82) is 0 Å². The highest BCUT2D eigenvalue weighted by atomic mass is 35.5. The van der Waals surface area contributed by atoms with E-state index >= 15 is 0 Å². The van der Waals surface area contributed by atoms with Gasteiger partial charge < -0.3 is 18.7 Å². The highest BCUT2D eigenvalue weighted by Crippen LogP contribution is 2.49. The molecular weight excluding hydrogens is 544 g/mol. The number of halogens is 2. The lowest BCUT2D eigenvalue weighted by molar-refractivity contribution is -0.143. The summed E-state index contributed by atoms with van der Waals surface area (Å²) in [4.78, 5) is 26.5. The van der Waals surface area contributed by atoms with E-state index in [9.17, 15) is 14.2 Å². The van der Waals surface area contributed by atoms with E-state index in [0.29, 0.717) is 15.8 Å². The maximum Gasteiger partial charge on any atom is 0.450 e. The van der Waals surface area contributed by atoms with E-state index in [-0.39, 0.29) is 18.1 Å². The molecule has 11 heteroatoms. The number of carbonyl (C=O) groups excluding carboxylic acids is 2. The number of esters is 1. The van der Waals surface area contributed by atoms with Crippen molar-refractivity contribution in [3.05, 3.63) is 94.5 Å². The van der Waals surface area contributed by atoms with Gasteiger partial charge in [0.05, 0.1) is 6.61 Å². The number of hydrogen-bond donors (Lipinski definition) is 0. The maximum absolute atomic E-state index is 14.0. The van der Waals surface area contributed by atoms with Crippen molar-refractivity contribution in [1.82, 2.24) is 4.90 Å². The molecule has 0 spiro atoms. The van der Waals surface area contributed by atoms with E-state index < -0.39 is 31.6 Å². The summed E-state index contributed by atoms with van der Waals surface area (Å²) in [5.74, 6) is 0.157. The lowest BCUT2D eigenvalue weighted by Gasteiger charge is -2.27. The summed E-state index contributed by atoms with van der Waals surface area (Å²) in [6.07, 6.45) is -0.502. The minimum atomic E-state index is -4.08. The molecule has 36 heavy (non-hydrogen) atoms. The summed E-state index contributed by atoms with van der Waals surface area (Å²) in [6.45, 7) is 1.37. The van der Waals surface area contributed by atoms with Crippen LogP contribution in [0.5, 0.6) is 11.5 Å². The molecule has 0 atom stereocenters. The zero-order valence-corrected chi connectivity index (χ0v) is 22.6. The Bertz CT molecular complexity index is 1140. The van der Waals surface area contributed by atoms with Gasteiger partial charge in [0.2, 0.25) is 0 Å². The molecule has 3 aromatic rings. The second-order valence-corrected chi connectivity index (χ2v) is 11.1. The van der Waals surface area contributed by atoms with Crippen LogP contribution in [0.15, 0.2) is 78.9 Å². The number of benzene rings is 3. The summed E-state index contributed by atoms with van der Waals surface area (Å²) >= 11 is 12.9. The minimum Gasteiger partial charge on any atom is -0.465 e. The molecule has 0 saturated heterocycles. The van der Waals surface area contributed by atoms with Crippen molar-refractivity contribution in [2.45, 2.75) is 12.7 Å². The van der Waals surface area contributed by atoms with E-state index in [4.69, 9.17) is 37.0 Å². The molecule has 0 N–H and O–H groups in total. The first kappa shape index (κ1) is 27.9. The van der Waals surface area contributed by atoms with E-state index in [2.05, 4.69) is 0 Å². The molecule has 0 aliphatic heterocycles. The third kappa shape index (κ3) is 9.10. The SMILES string of the molecule is CCOC(=O)CN(CP(=O)(Oc1ccc(Cl)cc1)Oc1ccc(Cl)cc1)C(=O)SCc1ccccc1. The highest BCUT2D eigenvalue weighted by molar-refractivity contribution is 8.12. The summed E-state index contributed by atoms with van der Waals surface area (Å²) in [5, 5.41) is 0.450. The average molecular weight is 568 g/mol. The van der Waals surface area contributed by atoms with Gasteiger partial charge in [0.15, 0.2) is 0 Å². The Morgan fingerprint density at radius 1 is 0.861 bits per heavy atom. The van der Waals surface area contributed by atoms with Gasteiger partial charge in [0.1, 0.15) is 24.3 Å². The van der Waals surface area contributed by atoms with Gasteiger partial charge in [-0.25, -0.2) is 4.57 Å². The first-order valence-corrected chi connectivity index (χ1v) is 14.3. The Hall–Kier alpha value is -2.64. The second-order valence-electron chi connectivity index (χ2n) is 7.39. The topological polar surface area (TPSA) is 82.1 Å². The smallest absolute Gasteiger partial charge is 0.450 e. The molecule has 1 amide bonds. The minimum absolute atomic E-state index is 0.137. The fourth-order valence-electron chi connectivity index (χ4n) is 2.94. The lowest BCUT2D eigenvalue weighted by atomic mass is 10.2. The van der Waals surface area contributed by atoms with Crippen molar-refractivity contribution < 1.29 is 27.9 Å². The molecular formula is C25H24Cl2NO6PS.